The molecule has 0 aliphatic carbocycles. The number of nitriles is 1. The van der Waals surface area contributed by atoms with Gasteiger partial charge in [-0.15, -0.1) is 0 Å². The van der Waals surface area contributed by atoms with Crippen LogP contribution in [0.3, 0.4) is 0 Å². The van der Waals surface area contributed by atoms with Crippen molar-refractivity contribution < 1.29 is 9.84 Å². The number of benzene rings is 1. The lowest BCUT2D eigenvalue weighted by atomic mass is 10.3. The monoisotopic (exact) mass is 188 g/mol. The second kappa shape index (κ2) is 4.48. The standard InChI is InChI=1S/C9H5N3O2/c10-6-8(12-11)9(13)14-7-4-2-1-3-5-7/h1-5H/p+1/b9-8-. The highest BCUT2D eigenvalue weighted by Gasteiger charge is 2.20. The van der Waals surface area contributed by atoms with E-state index in [2.05, 4.69) is 4.98 Å². The lowest BCUT2D eigenvalue weighted by Gasteiger charge is -1.98. The summed E-state index contributed by atoms with van der Waals surface area (Å²) in [6.07, 6.45) is 0. The van der Waals surface area contributed by atoms with Crippen LogP contribution in [0, 0.1) is 16.7 Å². The molecule has 0 amide bonds. The van der Waals surface area contributed by atoms with Crippen molar-refractivity contribution in [2.24, 2.45) is 0 Å². The van der Waals surface area contributed by atoms with Gasteiger partial charge < -0.3 is 9.84 Å². The molecule has 0 bridgehead atoms. The predicted molar refractivity (Wildman–Crippen MR) is 47.4 cm³/mol. The molecule has 1 rings (SSSR count). The minimum absolute atomic E-state index is 0.349. The van der Waals surface area contributed by atoms with Gasteiger partial charge in [0.15, 0.2) is 4.98 Å². The third kappa shape index (κ3) is 2.23. The van der Waals surface area contributed by atoms with Crippen LogP contribution < -0.4 is 4.74 Å². The Morgan fingerprint density at radius 2 is 2.00 bits per heavy atom. The van der Waals surface area contributed by atoms with Gasteiger partial charge in [0.25, 0.3) is 0 Å². The van der Waals surface area contributed by atoms with E-state index in [1.54, 1.807) is 30.3 Å². The van der Waals surface area contributed by atoms with Crippen LogP contribution in [0.15, 0.2) is 42.0 Å². The first-order valence-corrected chi connectivity index (χ1v) is 3.69. The van der Waals surface area contributed by atoms with Crippen molar-refractivity contribution in [3.8, 4) is 11.8 Å². The predicted octanol–water partition coefficient (Wildman–Crippen LogP) is 2.17. The molecule has 0 aliphatic rings. The normalized spacial score (nSPS) is 10.7. The van der Waals surface area contributed by atoms with Crippen molar-refractivity contribution in [1.82, 2.24) is 0 Å². The van der Waals surface area contributed by atoms with Gasteiger partial charge in [-0.05, 0) is 12.1 Å². The molecule has 5 nitrogen and oxygen atoms in total. The van der Waals surface area contributed by atoms with Gasteiger partial charge in [-0.1, -0.05) is 18.2 Å². The maximum Gasteiger partial charge on any atom is 0.540 e. The molecule has 0 heterocycles. The summed E-state index contributed by atoms with van der Waals surface area (Å²) in [5.74, 6) is -0.386. The molecule has 1 N–H and O–H groups in total. The summed E-state index contributed by atoms with van der Waals surface area (Å²) in [7, 11) is 0. The van der Waals surface area contributed by atoms with Crippen LogP contribution in [0.1, 0.15) is 0 Å². The van der Waals surface area contributed by atoms with Crippen molar-refractivity contribution >= 4 is 0 Å². The summed E-state index contributed by atoms with van der Waals surface area (Å²) in [6.45, 7) is 0. The number of nitrogens with zero attached hydrogens (tertiary/aromatic N) is 3. The van der Waals surface area contributed by atoms with Crippen LogP contribution >= 0.6 is 0 Å². The van der Waals surface area contributed by atoms with E-state index >= 15 is 0 Å². The number of allylic oxidation sites excluding steroid dienone is 1. The molecule has 5 heteroatoms. The molecule has 0 aliphatic heterocycles. The van der Waals surface area contributed by atoms with Gasteiger partial charge >= 0.3 is 11.6 Å². The van der Waals surface area contributed by atoms with Gasteiger partial charge in [0.1, 0.15) is 5.75 Å². The Morgan fingerprint density at radius 1 is 1.36 bits per heavy atom. The highest BCUT2D eigenvalue weighted by atomic mass is 16.6. The molecule has 0 saturated heterocycles. The first-order valence-electron chi connectivity index (χ1n) is 3.69. The van der Waals surface area contributed by atoms with Gasteiger partial charge in [-0.25, -0.2) is 0 Å². The fourth-order valence-corrected chi connectivity index (χ4v) is 0.761. The van der Waals surface area contributed by atoms with Gasteiger partial charge in [-0.3, -0.25) is 0 Å². The average molecular weight is 188 g/mol. The largest absolute Gasteiger partial charge is 0.540 e. The SMILES string of the molecule is N#C/C([N+]#N)=C(\O)Oc1ccccc1. The summed E-state index contributed by atoms with van der Waals surface area (Å²) in [4.78, 5) is 2.55. The highest BCUT2D eigenvalue weighted by molar-refractivity contribution is 5.30. The quantitative estimate of drug-likeness (QED) is 0.438. The first kappa shape index (κ1) is 9.56. The molecule has 1 aromatic carbocycles. The smallest absolute Gasteiger partial charge is 0.474 e. The van der Waals surface area contributed by atoms with Gasteiger partial charge in [0.2, 0.25) is 11.5 Å². The van der Waals surface area contributed by atoms with E-state index in [1.807, 2.05) is 0 Å². The molecular formula is C9H6N3O2+. The van der Waals surface area contributed by atoms with Gasteiger partial charge in [0, 0.05) is 0 Å². The number of ether oxygens (including phenoxy) is 1. The maximum atomic E-state index is 9.14. The van der Waals surface area contributed by atoms with Crippen LogP contribution in [-0.2, 0) is 0 Å². The lowest BCUT2D eigenvalue weighted by molar-refractivity contribution is 0.206. The summed E-state index contributed by atoms with van der Waals surface area (Å²) >= 11 is 0. The Balaban J connectivity index is 2.87. The van der Waals surface area contributed by atoms with Crippen LogP contribution in [0.25, 0.3) is 4.98 Å². The van der Waals surface area contributed by atoms with E-state index < -0.39 is 11.6 Å². The molecule has 0 fully saturated rings. The minimum Gasteiger partial charge on any atom is -0.474 e. The number of para-hydroxylation sites is 1. The Hall–Kier alpha value is -2.53. The number of rotatable bonds is 2. The van der Waals surface area contributed by atoms with E-state index in [0.29, 0.717) is 5.75 Å². The van der Waals surface area contributed by atoms with Crippen molar-refractivity contribution in [3.63, 3.8) is 0 Å². The van der Waals surface area contributed by atoms with E-state index in [-0.39, 0.29) is 0 Å². The average Bonchev–Trinajstić information content (AvgIpc) is 2.21. The minimum atomic E-state index is -0.735. The van der Waals surface area contributed by atoms with Crippen LogP contribution in [0.4, 0.5) is 0 Å². The Kier molecular flexibility index (Phi) is 3.06. The number of aliphatic hydroxyl groups excluding tert-OH is 1. The maximum absolute atomic E-state index is 9.14. The molecule has 0 radical (unpaired) electrons. The zero-order chi connectivity index (χ0) is 10.4. The summed E-state index contributed by atoms with van der Waals surface area (Å²) in [5, 5.41) is 25.8. The second-order valence-electron chi connectivity index (χ2n) is 2.28. The van der Waals surface area contributed by atoms with Crippen molar-refractivity contribution in [1.29, 1.82) is 10.7 Å². The van der Waals surface area contributed by atoms with Crippen LogP contribution in [-0.4, -0.2) is 5.11 Å². The second-order valence-corrected chi connectivity index (χ2v) is 2.28. The summed E-state index contributed by atoms with van der Waals surface area (Å²) in [5.41, 5.74) is -0.575. The third-order valence-corrected chi connectivity index (χ3v) is 1.37. The molecule has 14 heavy (non-hydrogen) atoms. The van der Waals surface area contributed by atoms with Crippen LogP contribution in [0.5, 0.6) is 5.75 Å². The Morgan fingerprint density at radius 3 is 2.50 bits per heavy atom. The summed E-state index contributed by atoms with van der Waals surface area (Å²) < 4.78 is 4.82. The number of hydrogen-bond donors (Lipinski definition) is 1. The van der Waals surface area contributed by atoms with E-state index in [4.69, 9.17) is 20.5 Å². The van der Waals surface area contributed by atoms with Crippen molar-refractivity contribution in [2.75, 3.05) is 0 Å². The lowest BCUT2D eigenvalue weighted by Crippen LogP contribution is -1.96. The van der Waals surface area contributed by atoms with Crippen molar-refractivity contribution in [3.05, 3.63) is 47.0 Å². The van der Waals surface area contributed by atoms with E-state index in [0.717, 1.165) is 0 Å². The first-order chi connectivity index (χ1) is 6.77. The molecule has 0 unspecified atom stereocenters. The zero-order valence-electron chi connectivity index (χ0n) is 7.08. The van der Waals surface area contributed by atoms with Crippen LogP contribution in [0.2, 0.25) is 0 Å². The molecular weight excluding hydrogens is 182 g/mol. The third-order valence-electron chi connectivity index (χ3n) is 1.37. The molecule has 68 valence electrons. The molecule has 0 aromatic heterocycles. The topological polar surface area (TPSA) is 81.4 Å². The van der Waals surface area contributed by atoms with E-state index in [9.17, 15) is 0 Å². The van der Waals surface area contributed by atoms with Crippen molar-refractivity contribution in [2.45, 2.75) is 0 Å². The summed E-state index contributed by atoms with van der Waals surface area (Å²) in [6, 6.07) is 9.80. The molecule has 0 spiro atoms. The number of diazo groups is 1. The zero-order valence-corrected chi connectivity index (χ0v) is 7.08. The molecule has 1 aromatic rings. The van der Waals surface area contributed by atoms with Gasteiger partial charge in [-0.2, -0.15) is 5.26 Å². The van der Waals surface area contributed by atoms with Gasteiger partial charge in [0.05, 0.1) is 0 Å². The fourth-order valence-electron chi connectivity index (χ4n) is 0.761. The number of hydrogen-bond acceptors (Lipinski definition) is 4. The Labute approximate surface area is 80.1 Å². The van der Waals surface area contributed by atoms with E-state index in [1.165, 1.54) is 6.07 Å². The number of aliphatic hydroxyl groups is 1. The Bertz CT molecular complexity index is 410. The fraction of sp³-hybridized carbons (Fsp3) is 0. The molecule has 0 atom stereocenters. The highest BCUT2D eigenvalue weighted by Crippen LogP contribution is 2.13. The molecule has 0 saturated carbocycles.